The van der Waals surface area contributed by atoms with E-state index in [0.717, 1.165) is 0 Å². The molecule has 0 bridgehead atoms. The second-order valence-corrected chi connectivity index (χ2v) is 4.55. The minimum Gasteiger partial charge on any atom is -0.723 e. The molecule has 0 saturated carbocycles. The summed E-state index contributed by atoms with van der Waals surface area (Å²) >= 11 is 0. The Labute approximate surface area is 87.4 Å². The molecule has 9 heteroatoms. The molecule has 90 valence electrons. The van der Waals surface area contributed by atoms with Gasteiger partial charge < -0.3 is 10.3 Å². The Morgan fingerprint density at radius 2 is 2.07 bits per heavy atom. The lowest BCUT2D eigenvalue weighted by molar-refractivity contribution is -0.469. The summed E-state index contributed by atoms with van der Waals surface area (Å²) in [6, 6.07) is 0. The van der Waals surface area contributed by atoms with Gasteiger partial charge >= 0.3 is 5.97 Å². The fourth-order valence-electron chi connectivity index (χ4n) is 0.967. The van der Waals surface area contributed by atoms with Crippen LogP contribution in [0.2, 0.25) is 0 Å². The fourth-order valence-corrected chi connectivity index (χ4v) is 1.11. The standard InChI is InChI=1S/C6H14N2O6S/c1-4(2)3-6(7,8)5(9)13-14-15(10,11)12/h4H,3,7-8H2,1-2H3,(H,10,11,12). The maximum absolute atomic E-state index is 11.1. The number of quaternary nitrogens is 1. The molecule has 0 saturated heterocycles. The summed E-state index contributed by atoms with van der Waals surface area (Å²) < 4.78 is 33.2. The average Bonchev–Trinajstić information content (AvgIpc) is 1.95. The van der Waals surface area contributed by atoms with E-state index < -0.39 is 22.0 Å². The first-order valence-corrected chi connectivity index (χ1v) is 5.38. The summed E-state index contributed by atoms with van der Waals surface area (Å²) in [5, 5.41) is 0. The normalized spacial score (nSPS) is 16.1. The molecule has 5 N–H and O–H groups in total. The lowest BCUT2D eigenvalue weighted by Gasteiger charge is -2.19. The lowest BCUT2D eigenvalue weighted by Crippen LogP contribution is -2.82. The molecule has 0 fully saturated rings. The van der Waals surface area contributed by atoms with Gasteiger partial charge in [-0.25, -0.2) is 13.2 Å². The Morgan fingerprint density at radius 1 is 1.60 bits per heavy atom. The first-order valence-electron chi connectivity index (χ1n) is 4.05. The number of hydrogen-bond donors (Lipinski definition) is 2. The molecule has 0 aromatic heterocycles. The Hall–Kier alpha value is -0.740. The molecule has 0 heterocycles. The topological polar surface area (TPSA) is 146 Å². The first-order chi connectivity index (χ1) is 6.54. The van der Waals surface area contributed by atoms with E-state index >= 15 is 0 Å². The molecule has 0 spiro atoms. The van der Waals surface area contributed by atoms with Gasteiger partial charge in [-0.3, -0.25) is 10.6 Å². The number of nitrogens with two attached hydrogens (primary N) is 1. The highest BCUT2D eigenvalue weighted by molar-refractivity contribution is 7.80. The van der Waals surface area contributed by atoms with Gasteiger partial charge in [-0.2, -0.15) is 0 Å². The van der Waals surface area contributed by atoms with E-state index in [1.165, 1.54) is 0 Å². The maximum Gasteiger partial charge on any atom is 0.419 e. The summed E-state index contributed by atoms with van der Waals surface area (Å²) in [5.74, 6) is -1.17. The minimum atomic E-state index is -5.08. The summed E-state index contributed by atoms with van der Waals surface area (Å²) in [6.45, 7) is 3.57. The number of rotatable bonds is 5. The van der Waals surface area contributed by atoms with Crippen molar-refractivity contribution >= 4 is 16.4 Å². The second kappa shape index (κ2) is 4.86. The zero-order chi connectivity index (χ0) is 12.3. The zero-order valence-electron chi connectivity index (χ0n) is 8.43. The Kier molecular flexibility index (Phi) is 4.62. The largest absolute Gasteiger partial charge is 0.723 e. The van der Waals surface area contributed by atoms with Gasteiger partial charge in [0.1, 0.15) is 0 Å². The molecule has 0 rings (SSSR count). The number of carbonyl (C=O) groups is 1. The first kappa shape index (κ1) is 14.3. The van der Waals surface area contributed by atoms with Gasteiger partial charge in [0.15, 0.2) is 0 Å². The predicted octanol–water partition coefficient (Wildman–Crippen LogP) is -2.14. The van der Waals surface area contributed by atoms with Crippen LogP contribution < -0.4 is 11.5 Å². The van der Waals surface area contributed by atoms with E-state index in [2.05, 4.69) is 15.0 Å². The summed E-state index contributed by atoms with van der Waals surface area (Å²) in [5.41, 5.74) is 7.13. The average molecular weight is 242 g/mol. The maximum atomic E-state index is 11.1. The molecule has 0 aliphatic heterocycles. The monoisotopic (exact) mass is 242 g/mol. The van der Waals surface area contributed by atoms with Crippen molar-refractivity contribution in [2.45, 2.75) is 25.9 Å². The van der Waals surface area contributed by atoms with E-state index in [0.29, 0.717) is 0 Å². The molecule has 0 amide bonds. The summed E-state index contributed by atoms with van der Waals surface area (Å²) in [4.78, 5) is 14.9. The highest BCUT2D eigenvalue weighted by Crippen LogP contribution is 2.09. The van der Waals surface area contributed by atoms with E-state index in [-0.39, 0.29) is 12.3 Å². The zero-order valence-corrected chi connectivity index (χ0v) is 9.24. The van der Waals surface area contributed by atoms with E-state index in [9.17, 15) is 17.8 Å². The van der Waals surface area contributed by atoms with Gasteiger partial charge in [0.05, 0.1) is 0 Å². The Balaban J connectivity index is 4.32. The van der Waals surface area contributed by atoms with Gasteiger partial charge in [0, 0.05) is 6.42 Å². The van der Waals surface area contributed by atoms with Crippen molar-refractivity contribution in [3.63, 3.8) is 0 Å². The molecule has 1 unspecified atom stereocenters. The van der Waals surface area contributed by atoms with Crippen LogP contribution in [0.5, 0.6) is 0 Å². The third kappa shape index (κ3) is 6.36. The van der Waals surface area contributed by atoms with Gasteiger partial charge in [0.25, 0.3) is 10.4 Å². The van der Waals surface area contributed by atoms with Crippen LogP contribution in [0, 0.1) is 5.92 Å². The highest BCUT2D eigenvalue weighted by Gasteiger charge is 2.37. The van der Waals surface area contributed by atoms with Crippen LogP contribution in [0.25, 0.3) is 0 Å². The van der Waals surface area contributed by atoms with Gasteiger partial charge in [0.2, 0.25) is 5.66 Å². The molecule has 0 aromatic rings. The third-order valence-electron chi connectivity index (χ3n) is 1.37. The van der Waals surface area contributed by atoms with Crippen molar-refractivity contribution in [2.75, 3.05) is 0 Å². The van der Waals surface area contributed by atoms with Gasteiger partial charge in [-0.05, 0) is 5.92 Å². The molecule has 15 heavy (non-hydrogen) atoms. The number of carbonyl (C=O) groups excluding carboxylic acids is 1. The van der Waals surface area contributed by atoms with Gasteiger partial charge in [-0.1, -0.05) is 18.2 Å². The van der Waals surface area contributed by atoms with Crippen LogP contribution >= 0.6 is 0 Å². The Morgan fingerprint density at radius 3 is 2.40 bits per heavy atom. The summed E-state index contributed by atoms with van der Waals surface area (Å²) in [7, 11) is -5.08. The van der Waals surface area contributed by atoms with Crippen molar-refractivity contribution in [1.82, 2.24) is 0 Å². The molecular weight excluding hydrogens is 228 g/mol. The van der Waals surface area contributed by atoms with Crippen molar-refractivity contribution in [3.05, 3.63) is 0 Å². The quantitative estimate of drug-likeness (QED) is 0.184. The highest BCUT2D eigenvalue weighted by atomic mass is 32.3. The van der Waals surface area contributed by atoms with Crippen LogP contribution in [0.3, 0.4) is 0 Å². The summed E-state index contributed by atoms with van der Waals surface area (Å²) in [6.07, 6.45) is 0.161. The molecule has 1 atom stereocenters. The Bertz CT molecular complexity index is 323. The predicted molar refractivity (Wildman–Crippen MR) is 46.1 cm³/mol. The molecular formula is C6H14N2O6S. The van der Waals surface area contributed by atoms with Crippen LogP contribution in [0.15, 0.2) is 0 Å². The van der Waals surface area contributed by atoms with Crippen molar-refractivity contribution < 1.29 is 32.7 Å². The van der Waals surface area contributed by atoms with Crippen LogP contribution in [0.1, 0.15) is 20.3 Å². The van der Waals surface area contributed by atoms with Crippen molar-refractivity contribution in [1.29, 1.82) is 0 Å². The van der Waals surface area contributed by atoms with Crippen LogP contribution in [-0.4, -0.2) is 24.6 Å². The second-order valence-electron chi connectivity index (χ2n) is 3.60. The fraction of sp³-hybridized carbons (Fsp3) is 0.833. The van der Waals surface area contributed by atoms with E-state index in [1.54, 1.807) is 13.8 Å². The smallest absolute Gasteiger partial charge is 0.419 e. The number of hydrogen-bond acceptors (Lipinski definition) is 7. The van der Waals surface area contributed by atoms with E-state index in [1.807, 2.05) is 0 Å². The van der Waals surface area contributed by atoms with Crippen LogP contribution in [-0.2, 0) is 24.4 Å². The van der Waals surface area contributed by atoms with Crippen molar-refractivity contribution in [3.8, 4) is 0 Å². The van der Waals surface area contributed by atoms with E-state index in [4.69, 9.17) is 5.73 Å². The molecule has 0 radical (unpaired) electrons. The van der Waals surface area contributed by atoms with Crippen molar-refractivity contribution in [2.24, 2.45) is 11.7 Å². The third-order valence-corrected chi connectivity index (χ3v) is 1.61. The lowest BCUT2D eigenvalue weighted by atomic mass is 9.99. The molecule has 0 aliphatic rings. The van der Waals surface area contributed by atoms with Crippen LogP contribution in [0.4, 0.5) is 0 Å². The SMILES string of the molecule is CC(C)CC(N)([NH3+])C(=O)OOS(=O)(=O)[O-]. The minimum absolute atomic E-state index is 0.0453. The molecule has 0 aromatic carbocycles. The van der Waals surface area contributed by atoms with Gasteiger partial charge in [-0.15, -0.1) is 0 Å². The molecule has 0 aliphatic carbocycles. The molecule has 8 nitrogen and oxygen atoms in total.